The zero-order chi connectivity index (χ0) is 11.1. The summed E-state index contributed by atoms with van der Waals surface area (Å²) in [4.78, 5) is 0. The van der Waals surface area contributed by atoms with Crippen LogP contribution in [0.1, 0.15) is 30.6 Å². The lowest BCUT2D eigenvalue weighted by Gasteiger charge is -2.35. The topological polar surface area (TPSA) is 61.7 Å². The molecule has 0 amide bonds. The van der Waals surface area contributed by atoms with E-state index in [2.05, 4.69) is 10.2 Å². The molecule has 2 N–H and O–H groups in total. The van der Waals surface area contributed by atoms with Crippen LogP contribution in [-0.2, 0) is 0 Å². The van der Waals surface area contributed by atoms with E-state index < -0.39 is 0 Å². The predicted octanol–water partition coefficient (Wildman–Crippen LogP) is 1.55. The van der Waals surface area contributed by atoms with Gasteiger partial charge in [-0.25, -0.2) is 0 Å². The minimum Gasteiger partial charge on any atom is -0.396 e. The van der Waals surface area contributed by atoms with Crippen molar-refractivity contribution in [2.75, 3.05) is 5.73 Å². The molecule has 0 aliphatic heterocycles. The van der Waals surface area contributed by atoms with Crippen LogP contribution in [0.25, 0.3) is 0 Å². The highest BCUT2D eigenvalue weighted by Gasteiger charge is 2.32. The number of hydrogen-bond donors (Lipinski definition) is 1. The average Bonchev–Trinajstić information content (AvgIpc) is 2.76. The molecule has 5 nitrogen and oxygen atoms in total. The van der Waals surface area contributed by atoms with E-state index in [4.69, 9.17) is 5.73 Å². The fourth-order valence-corrected chi connectivity index (χ4v) is 2.17. The van der Waals surface area contributed by atoms with Crippen LogP contribution >= 0.6 is 0 Å². The molecular formula is C11H15N5. The van der Waals surface area contributed by atoms with Gasteiger partial charge in [0.25, 0.3) is 0 Å². The van der Waals surface area contributed by atoms with E-state index in [-0.39, 0.29) is 0 Å². The van der Waals surface area contributed by atoms with Crippen LogP contribution in [0, 0.1) is 6.92 Å². The normalized spacial score (nSPS) is 24.3. The molecule has 2 aromatic rings. The van der Waals surface area contributed by atoms with E-state index in [1.165, 1.54) is 0 Å². The molecule has 16 heavy (non-hydrogen) atoms. The second kappa shape index (κ2) is 3.37. The zero-order valence-corrected chi connectivity index (χ0v) is 9.24. The molecule has 0 radical (unpaired) electrons. The van der Waals surface area contributed by atoms with Crippen LogP contribution in [-0.4, -0.2) is 19.6 Å². The molecule has 0 unspecified atom stereocenters. The third-order valence-corrected chi connectivity index (χ3v) is 3.32. The molecule has 0 saturated heterocycles. The molecule has 0 atom stereocenters. The molecule has 1 aliphatic carbocycles. The molecule has 3 rings (SSSR count). The number of hydrogen-bond acceptors (Lipinski definition) is 3. The van der Waals surface area contributed by atoms with Gasteiger partial charge in [0, 0.05) is 18.6 Å². The first kappa shape index (κ1) is 9.45. The van der Waals surface area contributed by atoms with Crippen LogP contribution in [0.3, 0.4) is 0 Å². The summed E-state index contributed by atoms with van der Waals surface area (Å²) in [5.41, 5.74) is 7.48. The zero-order valence-electron chi connectivity index (χ0n) is 9.24. The van der Waals surface area contributed by atoms with Gasteiger partial charge in [0.2, 0.25) is 0 Å². The lowest BCUT2D eigenvalue weighted by atomic mass is 9.87. The molecule has 1 fully saturated rings. The Bertz CT molecular complexity index is 459. The summed E-state index contributed by atoms with van der Waals surface area (Å²) in [6.07, 6.45) is 7.94. The Morgan fingerprint density at radius 1 is 1.31 bits per heavy atom. The summed E-state index contributed by atoms with van der Waals surface area (Å²) in [5.74, 6) is 0. The highest BCUT2D eigenvalue weighted by molar-refractivity contribution is 5.39. The van der Waals surface area contributed by atoms with Crippen molar-refractivity contribution in [1.82, 2.24) is 19.6 Å². The summed E-state index contributed by atoms with van der Waals surface area (Å²) in [6, 6.07) is 2.96. The maximum Gasteiger partial charge on any atom is 0.0823 e. The van der Waals surface area contributed by atoms with E-state index in [1.807, 2.05) is 40.9 Å². The van der Waals surface area contributed by atoms with E-state index in [0.717, 1.165) is 24.2 Å². The number of nitrogen functional groups attached to an aromatic ring is 1. The first-order valence-corrected chi connectivity index (χ1v) is 5.54. The standard InChI is InChI=1S/C11H15N5/c1-8-11(12)7-16(14-8)10-5-9(6-10)15-4-2-3-13-15/h2-4,7,9-10H,5-6,12H2,1H3. The van der Waals surface area contributed by atoms with Gasteiger partial charge < -0.3 is 5.73 Å². The van der Waals surface area contributed by atoms with Crippen LogP contribution < -0.4 is 5.73 Å². The molecule has 0 bridgehead atoms. The second-order valence-electron chi connectivity index (χ2n) is 4.41. The molecule has 2 heterocycles. The number of rotatable bonds is 2. The van der Waals surface area contributed by atoms with Gasteiger partial charge in [-0.05, 0) is 25.8 Å². The number of nitrogens with zero attached hydrogens (tertiary/aromatic N) is 4. The Labute approximate surface area is 93.9 Å². The first-order chi connectivity index (χ1) is 7.74. The van der Waals surface area contributed by atoms with Crippen LogP contribution in [0.2, 0.25) is 0 Å². The quantitative estimate of drug-likeness (QED) is 0.830. The summed E-state index contributed by atoms with van der Waals surface area (Å²) in [6.45, 7) is 1.94. The Morgan fingerprint density at radius 3 is 2.62 bits per heavy atom. The smallest absolute Gasteiger partial charge is 0.0823 e. The fraction of sp³-hybridized carbons (Fsp3) is 0.455. The van der Waals surface area contributed by atoms with E-state index >= 15 is 0 Å². The highest BCUT2D eigenvalue weighted by Crippen LogP contribution is 2.40. The summed E-state index contributed by atoms with van der Waals surface area (Å²) >= 11 is 0. The predicted molar refractivity (Wildman–Crippen MR) is 60.9 cm³/mol. The van der Waals surface area contributed by atoms with Crippen molar-refractivity contribution in [3.05, 3.63) is 30.4 Å². The molecule has 0 spiro atoms. The highest BCUT2D eigenvalue weighted by atomic mass is 15.3. The molecule has 5 heteroatoms. The van der Waals surface area contributed by atoms with Crippen molar-refractivity contribution < 1.29 is 0 Å². The van der Waals surface area contributed by atoms with Gasteiger partial charge in [-0.1, -0.05) is 0 Å². The van der Waals surface area contributed by atoms with Crippen LogP contribution in [0.5, 0.6) is 0 Å². The molecule has 0 aromatic carbocycles. The van der Waals surface area contributed by atoms with E-state index in [0.29, 0.717) is 12.1 Å². The Morgan fingerprint density at radius 2 is 2.06 bits per heavy atom. The number of anilines is 1. The first-order valence-electron chi connectivity index (χ1n) is 5.54. The van der Waals surface area contributed by atoms with Gasteiger partial charge in [0.05, 0.1) is 23.5 Å². The Kier molecular flexibility index (Phi) is 1.99. The number of aryl methyl sites for hydroxylation is 1. The van der Waals surface area contributed by atoms with Gasteiger partial charge in [-0.2, -0.15) is 10.2 Å². The van der Waals surface area contributed by atoms with Gasteiger partial charge in [0.1, 0.15) is 0 Å². The summed E-state index contributed by atoms with van der Waals surface area (Å²) < 4.78 is 4.01. The van der Waals surface area contributed by atoms with E-state index in [1.54, 1.807) is 0 Å². The second-order valence-corrected chi connectivity index (χ2v) is 4.41. The van der Waals surface area contributed by atoms with Crippen molar-refractivity contribution in [3.8, 4) is 0 Å². The van der Waals surface area contributed by atoms with Gasteiger partial charge in [0.15, 0.2) is 0 Å². The number of aromatic nitrogens is 4. The number of nitrogens with two attached hydrogens (primary N) is 1. The van der Waals surface area contributed by atoms with Crippen molar-refractivity contribution in [1.29, 1.82) is 0 Å². The summed E-state index contributed by atoms with van der Waals surface area (Å²) in [5, 5.41) is 8.66. The van der Waals surface area contributed by atoms with Crippen molar-refractivity contribution in [2.45, 2.75) is 31.8 Å². The minimum atomic E-state index is 0.477. The third-order valence-electron chi connectivity index (χ3n) is 3.32. The minimum absolute atomic E-state index is 0.477. The lowest BCUT2D eigenvalue weighted by Crippen LogP contribution is -2.29. The molecular weight excluding hydrogens is 202 g/mol. The lowest BCUT2D eigenvalue weighted by molar-refractivity contribution is 0.175. The Balaban J connectivity index is 1.69. The fourth-order valence-electron chi connectivity index (χ4n) is 2.17. The average molecular weight is 217 g/mol. The molecule has 84 valence electrons. The monoisotopic (exact) mass is 217 g/mol. The maximum absolute atomic E-state index is 5.79. The van der Waals surface area contributed by atoms with Crippen molar-refractivity contribution in [2.24, 2.45) is 0 Å². The third kappa shape index (κ3) is 1.39. The van der Waals surface area contributed by atoms with Crippen molar-refractivity contribution >= 4 is 5.69 Å². The van der Waals surface area contributed by atoms with Crippen molar-refractivity contribution in [3.63, 3.8) is 0 Å². The van der Waals surface area contributed by atoms with E-state index in [9.17, 15) is 0 Å². The SMILES string of the molecule is Cc1nn(C2CC(n3cccn3)C2)cc1N. The van der Waals surface area contributed by atoms with Crippen LogP contribution in [0.4, 0.5) is 5.69 Å². The largest absolute Gasteiger partial charge is 0.396 e. The summed E-state index contributed by atoms with van der Waals surface area (Å²) in [7, 11) is 0. The van der Waals surface area contributed by atoms with Gasteiger partial charge in [-0.3, -0.25) is 9.36 Å². The molecule has 2 aromatic heterocycles. The maximum atomic E-state index is 5.79. The molecule has 1 aliphatic rings. The van der Waals surface area contributed by atoms with Gasteiger partial charge in [-0.15, -0.1) is 0 Å². The van der Waals surface area contributed by atoms with Crippen LogP contribution in [0.15, 0.2) is 24.7 Å². The molecule has 1 saturated carbocycles. The van der Waals surface area contributed by atoms with Gasteiger partial charge >= 0.3 is 0 Å². The Hall–Kier alpha value is -1.78.